The molecular weight excluding hydrogens is 278 g/mol. The number of nitrogens with one attached hydrogen (secondary N) is 2. The maximum absolute atomic E-state index is 6.05. The molecule has 0 fully saturated rings. The van der Waals surface area contributed by atoms with Crippen LogP contribution in [0.5, 0.6) is 0 Å². The first-order valence-corrected chi connectivity index (χ1v) is 6.71. The van der Waals surface area contributed by atoms with Gasteiger partial charge in [0.1, 0.15) is 5.58 Å². The summed E-state index contributed by atoms with van der Waals surface area (Å²) in [5, 5.41) is 7.73. The van der Waals surface area contributed by atoms with Gasteiger partial charge < -0.3 is 21.2 Å². The second kappa shape index (κ2) is 4.66. The highest BCUT2D eigenvalue weighted by atomic mass is 35.5. The van der Waals surface area contributed by atoms with Crippen molar-refractivity contribution in [1.82, 2.24) is 5.32 Å². The Balaban J connectivity index is 2.27. The van der Waals surface area contributed by atoms with E-state index < -0.39 is 5.66 Å². The number of fused-ring (bicyclic) bond motifs is 3. The molecule has 6 N–H and O–H groups in total. The van der Waals surface area contributed by atoms with Crippen LogP contribution in [-0.2, 0) is 5.66 Å². The van der Waals surface area contributed by atoms with Gasteiger partial charge in [-0.1, -0.05) is 11.6 Å². The molecule has 0 saturated carbocycles. The summed E-state index contributed by atoms with van der Waals surface area (Å²) in [4.78, 5) is 4.45. The molecule has 7 heteroatoms. The van der Waals surface area contributed by atoms with E-state index in [0.29, 0.717) is 29.7 Å². The molecule has 20 heavy (non-hydrogen) atoms. The van der Waals surface area contributed by atoms with Crippen molar-refractivity contribution in [3.05, 3.63) is 29.0 Å². The van der Waals surface area contributed by atoms with Crippen LogP contribution in [-0.4, -0.2) is 19.6 Å². The van der Waals surface area contributed by atoms with Crippen molar-refractivity contribution in [2.75, 3.05) is 18.9 Å². The van der Waals surface area contributed by atoms with Gasteiger partial charge in [-0.3, -0.25) is 5.32 Å². The van der Waals surface area contributed by atoms with Crippen molar-refractivity contribution in [3.63, 3.8) is 0 Å². The van der Waals surface area contributed by atoms with Gasteiger partial charge in [0.25, 0.3) is 0 Å². The van der Waals surface area contributed by atoms with Crippen LogP contribution in [0.15, 0.2) is 27.6 Å². The Bertz CT molecular complexity index is 695. The Labute approximate surface area is 121 Å². The number of anilines is 1. The molecule has 0 radical (unpaired) electrons. The third-order valence-electron chi connectivity index (χ3n) is 3.51. The molecule has 1 unspecified atom stereocenters. The van der Waals surface area contributed by atoms with Crippen LogP contribution >= 0.6 is 11.6 Å². The van der Waals surface area contributed by atoms with E-state index in [0.717, 1.165) is 16.7 Å². The number of guanidine groups is 1. The van der Waals surface area contributed by atoms with E-state index in [2.05, 4.69) is 15.6 Å². The average molecular weight is 294 g/mol. The first kappa shape index (κ1) is 13.2. The molecule has 0 bridgehead atoms. The second-order valence-corrected chi connectivity index (χ2v) is 5.15. The van der Waals surface area contributed by atoms with Crippen molar-refractivity contribution in [3.8, 4) is 0 Å². The van der Waals surface area contributed by atoms with Gasteiger partial charge in [0, 0.05) is 16.8 Å². The molecule has 106 valence electrons. The first-order chi connectivity index (χ1) is 9.59. The predicted molar refractivity (Wildman–Crippen MR) is 80.9 cm³/mol. The van der Waals surface area contributed by atoms with Gasteiger partial charge in [-0.2, -0.15) is 0 Å². The lowest BCUT2D eigenvalue weighted by Crippen LogP contribution is -2.46. The average Bonchev–Trinajstić information content (AvgIpc) is 2.78. The number of nitrogens with two attached hydrogens (primary N) is 2. The minimum absolute atomic E-state index is 0.322. The molecule has 2 aromatic rings. The second-order valence-electron chi connectivity index (χ2n) is 4.72. The van der Waals surface area contributed by atoms with Crippen LogP contribution in [0.1, 0.15) is 12.2 Å². The number of nitrogens with zero attached hydrogens (tertiary/aromatic N) is 1. The zero-order valence-electron chi connectivity index (χ0n) is 11.0. The maximum atomic E-state index is 6.05. The fourth-order valence-corrected chi connectivity index (χ4v) is 2.74. The van der Waals surface area contributed by atoms with Gasteiger partial charge in [-0.15, -0.1) is 0 Å². The Hall–Kier alpha value is -1.76. The quantitative estimate of drug-likeness (QED) is 0.688. The normalized spacial score (nSPS) is 21.4. The minimum atomic E-state index is -0.745. The van der Waals surface area contributed by atoms with E-state index in [1.54, 1.807) is 6.07 Å². The zero-order valence-corrected chi connectivity index (χ0v) is 11.8. The highest BCUT2D eigenvalue weighted by molar-refractivity contribution is 6.31. The third-order valence-corrected chi connectivity index (χ3v) is 3.74. The van der Waals surface area contributed by atoms with Gasteiger partial charge in [-0.05, 0) is 31.8 Å². The number of hydrogen-bond donors (Lipinski definition) is 4. The van der Waals surface area contributed by atoms with E-state index in [-0.39, 0.29) is 0 Å². The topological polar surface area (TPSA) is 102 Å². The smallest absolute Gasteiger partial charge is 0.195 e. The van der Waals surface area contributed by atoms with Crippen molar-refractivity contribution in [2.45, 2.75) is 12.1 Å². The fourth-order valence-electron chi connectivity index (χ4n) is 2.57. The first-order valence-electron chi connectivity index (χ1n) is 6.33. The molecule has 1 atom stereocenters. The summed E-state index contributed by atoms with van der Waals surface area (Å²) in [5.41, 5.74) is 12.4. The summed E-state index contributed by atoms with van der Waals surface area (Å²) < 4.78 is 5.95. The van der Waals surface area contributed by atoms with Gasteiger partial charge in [0.2, 0.25) is 0 Å². The number of aliphatic imine (C=N–C) groups is 1. The summed E-state index contributed by atoms with van der Waals surface area (Å²) in [6.07, 6.45) is 0.576. The van der Waals surface area contributed by atoms with Crippen molar-refractivity contribution < 1.29 is 4.42 Å². The van der Waals surface area contributed by atoms with Crippen molar-refractivity contribution in [1.29, 1.82) is 0 Å². The highest BCUT2D eigenvalue weighted by Crippen LogP contribution is 2.42. The Morgan fingerprint density at radius 3 is 3.00 bits per heavy atom. The standard InChI is InChI=1S/C13H16ClN5O/c1-17-13(4-5-15)11-10(18-12(16)19-13)8-6-7(14)2-3-9(8)20-11/h2-3,6,17H,4-5,15H2,1H3,(H3,16,18,19). The molecule has 2 heterocycles. The lowest BCUT2D eigenvalue weighted by molar-refractivity contribution is 0.291. The number of hydrogen-bond acceptors (Lipinski definition) is 6. The van der Waals surface area contributed by atoms with Crippen molar-refractivity contribution in [2.24, 2.45) is 16.5 Å². The van der Waals surface area contributed by atoms with Crippen LogP contribution < -0.4 is 22.1 Å². The molecule has 0 saturated heterocycles. The summed E-state index contributed by atoms with van der Waals surface area (Å²) in [6, 6.07) is 5.46. The molecule has 0 spiro atoms. The zero-order chi connectivity index (χ0) is 14.3. The van der Waals surface area contributed by atoms with E-state index in [1.165, 1.54) is 0 Å². The summed E-state index contributed by atoms with van der Waals surface area (Å²) in [5.74, 6) is 1.000. The highest BCUT2D eigenvalue weighted by Gasteiger charge is 2.40. The molecule has 0 aliphatic carbocycles. The molecular formula is C13H16ClN5O. The number of halogens is 1. The fraction of sp³-hybridized carbons (Fsp3) is 0.308. The molecule has 1 aromatic carbocycles. The third kappa shape index (κ3) is 1.84. The molecule has 0 amide bonds. The molecule has 1 aliphatic heterocycles. The SMILES string of the molecule is CNC1(CCN)N=C(N)Nc2c1oc1ccc(Cl)cc21. The van der Waals surface area contributed by atoms with Crippen LogP contribution in [0.2, 0.25) is 5.02 Å². The Kier molecular flexibility index (Phi) is 3.08. The number of benzene rings is 1. The van der Waals surface area contributed by atoms with Crippen LogP contribution in [0.3, 0.4) is 0 Å². The summed E-state index contributed by atoms with van der Waals surface area (Å²) in [7, 11) is 1.81. The predicted octanol–water partition coefficient (Wildman–Crippen LogP) is 1.55. The lowest BCUT2D eigenvalue weighted by atomic mass is 10.00. The number of rotatable bonds is 3. The van der Waals surface area contributed by atoms with Crippen LogP contribution in [0.25, 0.3) is 11.0 Å². The summed E-state index contributed by atoms with van der Waals surface area (Å²) in [6.45, 7) is 0.453. The Morgan fingerprint density at radius 2 is 2.30 bits per heavy atom. The van der Waals surface area contributed by atoms with Gasteiger partial charge in [0.05, 0.1) is 5.69 Å². The summed E-state index contributed by atoms with van der Waals surface area (Å²) >= 11 is 6.05. The van der Waals surface area contributed by atoms with Gasteiger partial charge in [0.15, 0.2) is 17.4 Å². The van der Waals surface area contributed by atoms with E-state index in [1.807, 2.05) is 19.2 Å². The largest absolute Gasteiger partial charge is 0.455 e. The lowest BCUT2D eigenvalue weighted by Gasteiger charge is -2.31. The van der Waals surface area contributed by atoms with Gasteiger partial charge in [-0.25, -0.2) is 4.99 Å². The minimum Gasteiger partial charge on any atom is -0.455 e. The van der Waals surface area contributed by atoms with Crippen LogP contribution in [0.4, 0.5) is 5.69 Å². The van der Waals surface area contributed by atoms with Crippen LogP contribution in [0, 0.1) is 0 Å². The number of furan rings is 1. The Morgan fingerprint density at radius 1 is 1.50 bits per heavy atom. The van der Waals surface area contributed by atoms with Gasteiger partial charge >= 0.3 is 0 Å². The monoisotopic (exact) mass is 293 g/mol. The maximum Gasteiger partial charge on any atom is 0.195 e. The molecule has 3 rings (SSSR count). The van der Waals surface area contributed by atoms with E-state index in [4.69, 9.17) is 27.5 Å². The molecule has 6 nitrogen and oxygen atoms in total. The molecule has 1 aliphatic rings. The van der Waals surface area contributed by atoms with Crippen molar-refractivity contribution >= 4 is 34.2 Å². The van der Waals surface area contributed by atoms with E-state index >= 15 is 0 Å². The molecule has 1 aromatic heterocycles. The van der Waals surface area contributed by atoms with E-state index in [9.17, 15) is 0 Å².